The SMILES string of the molecule is CC(F)(P)c1cc(N)c(N)cn1. The highest BCUT2D eigenvalue weighted by Gasteiger charge is 2.20. The Kier molecular flexibility index (Phi) is 2.20. The molecule has 0 saturated heterocycles. The molecule has 66 valence electrons. The van der Waals surface area contributed by atoms with Crippen molar-refractivity contribution >= 4 is 20.6 Å². The van der Waals surface area contributed by atoms with Gasteiger partial charge in [-0.3, -0.25) is 4.98 Å². The zero-order chi connectivity index (χ0) is 9.35. The maximum atomic E-state index is 13.2. The van der Waals surface area contributed by atoms with Crippen molar-refractivity contribution in [1.29, 1.82) is 0 Å². The Bertz CT molecular complexity index is 295. The van der Waals surface area contributed by atoms with Gasteiger partial charge in [-0.25, -0.2) is 4.39 Å². The topological polar surface area (TPSA) is 64.9 Å². The van der Waals surface area contributed by atoms with E-state index in [1.165, 1.54) is 19.2 Å². The van der Waals surface area contributed by atoms with E-state index in [4.69, 9.17) is 11.5 Å². The Balaban J connectivity index is 3.14. The zero-order valence-corrected chi connectivity index (χ0v) is 7.87. The van der Waals surface area contributed by atoms with Crippen molar-refractivity contribution in [2.24, 2.45) is 0 Å². The van der Waals surface area contributed by atoms with Crippen LogP contribution in [0, 0.1) is 0 Å². The van der Waals surface area contributed by atoms with E-state index >= 15 is 0 Å². The number of rotatable bonds is 1. The van der Waals surface area contributed by atoms with Crippen molar-refractivity contribution in [3.63, 3.8) is 0 Å². The maximum absolute atomic E-state index is 13.2. The Morgan fingerprint density at radius 2 is 2.08 bits per heavy atom. The number of hydrogen-bond donors (Lipinski definition) is 2. The Morgan fingerprint density at radius 3 is 2.50 bits per heavy atom. The summed E-state index contributed by atoms with van der Waals surface area (Å²) in [6.45, 7) is 1.38. The number of hydrogen-bond acceptors (Lipinski definition) is 3. The van der Waals surface area contributed by atoms with Gasteiger partial charge in [-0.2, -0.15) is 0 Å². The van der Waals surface area contributed by atoms with Crippen LogP contribution in [0.2, 0.25) is 0 Å². The summed E-state index contributed by atoms with van der Waals surface area (Å²) >= 11 is 0. The number of anilines is 2. The molecule has 2 atom stereocenters. The van der Waals surface area contributed by atoms with E-state index in [-0.39, 0.29) is 5.69 Å². The average molecular weight is 187 g/mol. The molecule has 0 amide bonds. The summed E-state index contributed by atoms with van der Waals surface area (Å²) in [7, 11) is 2.04. The van der Waals surface area contributed by atoms with E-state index in [0.29, 0.717) is 11.4 Å². The lowest BCUT2D eigenvalue weighted by Gasteiger charge is -2.13. The number of pyridine rings is 1. The third kappa shape index (κ3) is 1.83. The lowest BCUT2D eigenvalue weighted by atomic mass is 10.2. The summed E-state index contributed by atoms with van der Waals surface area (Å²) < 4.78 is 13.2. The molecule has 4 N–H and O–H groups in total. The Labute approximate surface area is 72.6 Å². The van der Waals surface area contributed by atoms with Crippen LogP contribution in [0.5, 0.6) is 0 Å². The molecule has 0 radical (unpaired) electrons. The molecule has 1 heterocycles. The predicted octanol–water partition coefficient (Wildman–Crippen LogP) is 1.26. The summed E-state index contributed by atoms with van der Waals surface area (Å²) in [5.74, 6) is 0. The van der Waals surface area contributed by atoms with E-state index < -0.39 is 5.41 Å². The van der Waals surface area contributed by atoms with Crippen molar-refractivity contribution in [1.82, 2.24) is 4.98 Å². The number of nitrogens with two attached hydrogens (primary N) is 2. The molecule has 0 aliphatic heterocycles. The number of nitrogen functional groups attached to an aromatic ring is 2. The fourth-order valence-electron chi connectivity index (χ4n) is 0.749. The van der Waals surface area contributed by atoms with Gasteiger partial charge in [-0.1, -0.05) is 9.24 Å². The fourth-order valence-corrected chi connectivity index (χ4v) is 0.907. The molecule has 2 unspecified atom stereocenters. The molecular weight excluding hydrogens is 176 g/mol. The Morgan fingerprint density at radius 1 is 1.50 bits per heavy atom. The second kappa shape index (κ2) is 2.87. The minimum atomic E-state index is -1.55. The van der Waals surface area contributed by atoms with Gasteiger partial charge in [0.25, 0.3) is 0 Å². The van der Waals surface area contributed by atoms with E-state index in [2.05, 4.69) is 4.98 Å². The van der Waals surface area contributed by atoms with Gasteiger partial charge < -0.3 is 11.5 Å². The van der Waals surface area contributed by atoms with Gasteiger partial charge in [-0.05, 0) is 13.0 Å². The molecule has 5 heteroatoms. The number of aromatic nitrogens is 1. The molecule has 3 nitrogen and oxygen atoms in total. The molecule has 0 aromatic carbocycles. The summed E-state index contributed by atoms with van der Waals surface area (Å²) in [4.78, 5) is 3.81. The minimum absolute atomic E-state index is 0.263. The Hall–Kier alpha value is -0.890. The first-order chi connectivity index (χ1) is 5.41. The molecule has 0 fully saturated rings. The highest BCUT2D eigenvalue weighted by molar-refractivity contribution is 7.18. The van der Waals surface area contributed by atoms with Crippen LogP contribution in [0.1, 0.15) is 12.6 Å². The molecule has 1 aromatic rings. The molecule has 0 bridgehead atoms. The highest BCUT2D eigenvalue weighted by atomic mass is 31.0. The third-order valence-corrected chi connectivity index (χ3v) is 1.76. The summed E-state index contributed by atoms with van der Waals surface area (Å²) in [5.41, 5.74) is 11.9. The molecule has 0 aliphatic carbocycles. The van der Waals surface area contributed by atoms with Crippen LogP contribution in [0.3, 0.4) is 0 Å². The van der Waals surface area contributed by atoms with Gasteiger partial charge in [-0.15, -0.1) is 0 Å². The van der Waals surface area contributed by atoms with E-state index in [9.17, 15) is 4.39 Å². The number of alkyl halides is 1. The summed E-state index contributed by atoms with van der Waals surface area (Å²) in [6.07, 6.45) is 1.35. The molecule has 12 heavy (non-hydrogen) atoms. The average Bonchev–Trinajstić information content (AvgIpc) is 1.92. The quantitative estimate of drug-likeness (QED) is 0.650. The van der Waals surface area contributed by atoms with Gasteiger partial charge in [0.15, 0.2) is 5.41 Å². The monoisotopic (exact) mass is 187 g/mol. The molecule has 0 spiro atoms. The maximum Gasteiger partial charge on any atom is 0.162 e. The van der Waals surface area contributed by atoms with E-state index in [1.807, 2.05) is 9.24 Å². The predicted molar refractivity (Wildman–Crippen MR) is 51.2 cm³/mol. The van der Waals surface area contributed by atoms with Crippen molar-refractivity contribution in [2.75, 3.05) is 11.5 Å². The van der Waals surface area contributed by atoms with Crippen molar-refractivity contribution in [3.8, 4) is 0 Å². The zero-order valence-electron chi connectivity index (χ0n) is 6.71. The highest BCUT2D eigenvalue weighted by Crippen LogP contribution is 2.32. The van der Waals surface area contributed by atoms with Crippen LogP contribution in [0.4, 0.5) is 15.8 Å². The van der Waals surface area contributed by atoms with Gasteiger partial charge in [0.2, 0.25) is 0 Å². The van der Waals surface area contributed by atoms with Crippen LogP contribution in [0.25, 0.3) is 0 Å². The first kappa shape index (κ1) is 9.20. The van der Waals surface area contributed by atoms with Crippen LogP contribution < -0.4 is 11.5 Å². The van der Waals surface area contributed by atoms with Crippen LogP contribution >= 0.6 is 9.24 Å². The lowest BCUT2D eigenvalue weighted by Crippen LogP contribution is -2.09. The molecular formula is C7H11FN3P. The standard InChI is InChI=1S/C7H11FN3P/c1-7(8,12)6-2-4(9)5(10)3-11-6/h2-3H,10,12H2,1H3,(H2,9,11). The molecule has 1 aromatic heterocycles. The fraction of sp³-hybridized carbons (Fsp3) is 0.286. The van der Waals surface area contributed by atoms with Gasteiger partial charge >= 0.3 is 0 Å². The molecule has 0 saturated carbocycles. The van der Waals surface area contributed by atoms with E-state index in [1.54, 1.807) is 0 Å². The van der Waals surface area contributed by atoms with Gasteiger partial charge in [0, 0.05) is 0 Å². The van der Waals surface area contributed by atoms with Gasteiger partial charge in [0.05, 0.1) is 23.3 Å². The summed E-state index contributed by atoms with van der Waals surface area (Å²) in [6, 6.07) is 1.43. The first-order valence-corrected chi connectivity index (χ1v) is 3.98. The summed E-state index contributed by atoms with van der Waals surface area (Å²) in [5, 5.41) is -1.55. The number of halogens is 1. The molecule has 1 rings (SSSR count). The van der Waals surface area contributed by atoms with Crippen molar-refractivity contribution in [3.05, 3.63) is 18.0 Å². The largest absolute Gasteiger partial charge is 0.397 e. The van der Waals surface area contributed by atoms with E-state index in [0.717, 1.165) is 0 Å². The smallest absolute Gasteiger partial charge is 0.162 e. The third-order valence-electron chi connectivity index (χ3n) is 1.47. The van der Waals surface area contributed by atoms with Crippen LogP contribution in [-0.4, -0.2) is 4.98 Å². The molecule has 0 aliphatic rings. The normalized spacial score (nSPS) is 15.6. The first-order valence-electron chi connectivity index (χ1n) is 3.40. The minimum Gasteiger partial charge on any atom is -0.397 e. The van der Waals surface area contributed by atoms with Gasteiger partial charge in [0.1, 0.15) is 0 Å². The van der Waals surface area contributed by atoms with Crippen molar-refractivity contribution < 1.29 is 4.39 Å². The lowest BCUT2D eigenvalue weighted by molar-refractivity contribution is 0.316. The second-order valence-corrected chi connectivity index (χ2v) is 3.86. The van der Waals surface area contributed by atoms with Crippen molar-refractivity contribution in [2.45, 2.75) is 12.3 Å². The second-order valence-electron chi connectivity index (χ2n) is 2.77. The van der Waals surface area contributed by atoms with Crippen LogP contribution in [0.15, 0.2) is 12.3 Å². The van der Waals surface area contributed by atoms with Crippen LogP contribution in [-0.2, 0) is 5.41 Å². The number of nitrogens with zero attached hydrogens (tertiary/aromatic N) is 1.